The molecule has 2 rings (SSSR count). The third-order valence-corrected chi connectivity index (χ3v) is 5.87. The Balaban J connectivity index is 2.16. The zero-order valence-corrected chi connectivity index (χ0v) is 13.7. The van der Waals surface area contributed by atoms with Gasteiger partial charge in [0.25, 0.3) is 0 Å². The summed E-state index contributed by atoms with van der Waals surface area (Å²) in [6, 6.07) is 2.79. The second kappa shape index (κ2) is 6.28. The zero-order chi connectivity index (χ0) is 14.0. The van der Waals surface area contributed by atoms with E-state index in [4.69, 9.17) is 27.9 Å². The minimum absolute atomic E-state index is 0.0274. The van der Waals surface area contributed by atoms with Crippen molar-refractivity contribution >= 4 is 49.2 Å². The highest BCUT2D eigenvalue weighted by atomic mass is 79.9. The second-order valence-corrected chi connectivity index (χ2v) is 7.59. The first kappa shape index (κ1) is 15.5. The standard InChI is InChI=1S/C11H12BrCl2NO3S/c12-8-4-10(14)11(5-9(8)13)19(16,17)15-6-7-2-1-3-18-7/h4-5,7,15H,1-3,6H2/t7-/m1/s1. The average Bonchev–Trinajstić information content (AvgIpc) is 2.84. The van der Waals surface area contributed by atoms with Crippen molar-refractivity contribution in [2.24, 2.45) is 0 Å². The summed E-state index contributed by atoms with van der Waals surface area (Å²) in [5.74, 6) is 0. The molecule has 0 radical (unpaired) electrons. The van der Waals surface area contributed by atoms with Crippen LogP contribution >= 0.6 is 39.1 Å². The normalized spacial score (nSPS) is 19.8. The molecular weight excluding hydrogens is 377 g/mol. The zero-order valence-electron chi connectivity index (χ0n) is 9.83. The van der Waals surface area contributed by atoms with Gasteiger partial charge in [-0.3, -0.25) is 0 Å². The van der Waals surface area contributed by atoms with Crippen molar-refractivity contribution in [3.63, 3.8) is 0 Å². The summed E-state index contributed by atoms with van der Waals surface area (Å²) in [6.07, 6.45) is 1.74. The van der Waals surface area contributed by atoms with Crippen molar-refractivity contribution in [1.82, 2.24) is 4.72 Å². The van der Waals surface area contributed by atoms with Crippen molar-refractivity contribution in [1.29, 1.82) is 0 Å². The van der Waals surface area contributed by atoms with Crippen LogP contribution in [0.25, 0.3) is 0 Å². The number of hydrogen-bond acceptors (Lipinski definition) is 3. The van der Waals surface area contributed by atoms with Crippen LogP contribution in [0.2, 0.25) is 10.0 Å². The molecule has 4 nitrogen and oxygen atoms in total. The lowest BCUT2D eigenvalue weighted by atomic mass is 10.2. The quantitative estimate of drug-likeness (QED) is 0.805. The van der Waals surface area contributed by atoms with E-state index in [1.807, 2.05) is 0 Å². The number of sulfonamides is 1. The molecule has 1 N–H and O–H groups in total. The van der Waals surface area contributed by atoms with E-state index in [-0.39, 0.29) is 22.6 Å². The van der Waals surface area contributed by atoms with Crippen LogP contribution < -0.4 is 4.72 Å². The molecule has 1 atom stereocenters. The Morgan fingerprint density at radius 1 is 1.37 bits per heavy atom. The molecule has 0 bridgehead atoms. The van der Waals surface area contributed by atoms with Crippen LogP contribution in [0.1, 0.15) is 12.8 Å². The fraction of sp³-hybridized carbons (Fsp3) is 0.455. The predicted molar refractivity (Wildman–Crippen MR) is 78.3 cm³/mol. The highest BCUT2D eigenvalue weighted by Gasteiger charge is 2.23. The van der Waals surface area contributed by atoms with Gasteiger partial charge in [-0.05, 0) is 40.9 Å². The highest BCUT2D eigenvalue weighted by Crippen LogP contribution is 2.31. The van der Waals surface area contributed by atoms with Gasteiger partial charge in [0.2, 0.25) is 10.0 Å². The van der Waals surface area contributed by atoms with Crippen LogP contribution in [0, 0.1) is 0 Å². The fourth-order valence-electron chi connectivity index (χ4n) is 1.80. The van der Waals surface area contributed by atoms with Gasteiger partial charge < -0.3 is 4.74 Å². The van der Waals surface area contributed by atoms with Crippen LogP contribution in [0.3, 0.4) is 0 Å². The van der Waals surface area contributed by atoms with Gasteiger partial charge >= 0.3 is 0 Å². The lowest BCUT2D eigenvalue weighted by Gasteiger charge is -2.12. The Bertz CT molecular complexity index is 574. The van der Waals surface area contributed by atoms with Crippen molar-refractivity contribution in [3.8, 4) is 0 Å². The largest absolute Gasteiger partial charge is 0.377 e. The SMILES string of the molecule is O=S(=O)(NC[C@H]1CCCO1)c1cc(Cl)c(Br)cc1Cl. The lowest BCUT2D eigenvalue weighted by Crippen LogP contribution is -2.32. The maximum Gasteiger partial charge on any atom is 0.242 e. The summed E-state index contributed by atoms with van der Waals surface area (Å²) in [4.78, 5) is -0.0274. The van der Waals surface area contributed by atoms with Crippen LogP contribution in [0.5, 0.6) is 0 Å². The van der Waals surface area contributed by atoms with E-state index in [0.717, 1.165) is 12.8 Å². The molecule has 8 heteroatoms. The summed E-state index contributed by atoms with van der Waals surface area (Å²) < 4.78 is 32.7. The topological polar surface area (TPSA) is 55.4 Å². The van der Waals surface area contributed by atoms with Gasteiger partial charge in [0, 0.05) is 17.6 Å². The molecule has 0 saturated carbocycles. The van der Waals surface area contributed by atoms with E-state index in [2.05, 4.69) is 20.7 Å². The van der Waals surface area contributed by atoms with Crippen molar-refractivity contribution in [3.05, 3.63) is 26.7 Å². The molecule has 0 aliphatic carbocycles. The molecule has 1 aromatic rings. The van der Waals surface area contributed by atoms with E-state index < -0.39 is 10.0 Å². The smallest absolute Gasteiger partial charge is 0.242 e. The average molecular weight is 389 g/mol. The monoisotopic (exact) mass is 387 g/mol. The number of rotatable bonds is 4. The van der Waals surface area contributed by atoms with Crippen LogP contribution in [0.4, 0.5) is 0 Å². The Morgan fingerprint density at radius 3 is 2.74 bits per heavy atom. The summed E-state index contributed by atoms with van der Waals surface area (Å²) in [5.41, 5.74) is 0. The van der Waals surface area contributed by atoms with Crippen molar-refractivity contribution in [2.75, 3.05) is 13.2 Å². The number of hydrogen-bond donors (Lipinski definition) is 1. The van der Waals surface area contributed by atoms with Crippen molar-refractivity contribution < 1.29 is 13.2 Å². The van der Waals surface area contributed by atoms with Gasteiger partial charge in [-0.1, -0.05) is 23.2 Å². The van der Waals surface area contributed by atoms with Crippen LogP contribution in [0.15, 0.2) is 21.5 Å². The fourth-order valence-corrected chi connectivity index (χ4v) is 4.12. The lowest BCUT2D eigenvalue weighted by molar-refractivity contribution is 0.114. The Hall–Kier alpha value is 0.150. The highest BCUT2D eigenvalue weighted by molar-refractivity contribution is 9.10. The summed E-state index contributed by atoms with van der Waals surface area (Å²) >= 11 is 15.0. The van der Waals surface area contributed by atoms with Crippen LogP contribution in [-0.2, 0) is 14.8 Å². The van der Waals surface area contributed by atoms with Gasteiger partial charge in [0.05, 0.1) is 16.1 Å². The van der Waals surface area contributed by atoms with E-state index in [1.54, 1.807) is 0 Å². The minimum atomic E-state index is -3.68. The Morgan fingerprint density at radius 2 is 2.11 bits per heavy atom. The number of ether oxygens (including phenoxy) is 1. The first-order valence-corrected chi connectivity index (χ1v) is 8.69. The number of benzene rings is 1. The summed E-state index contributed by atoms with van der Waals surface area (Å²) in [7, 11) is -3.68. The van der Waals surface area contributed by atoms with Gasteiger partial charge in [-0.25, -0.2) is 13.1 Å². The minimum Gasteiger partial charge on any atom is -0.377 e. The second-order valence-electron chi connectivity index (χ2n) is 4.18. The molecule has 1 aliphatic rings. The van der Waals surface area contributed by atoms with Gasteiger partial charge in [-0.15, -0.1) is 0 Å². The molecule has 1 aliphatic heterocycles. The Labute approximate surface area is 130 Å². The number of halogens is 3. The molecule has 1 saturated heterocycles. The maximum atomic E-state index is 12.1. The number of nitrogens with one attached hydrogen (secondary N) is 1. The molecule has 19 heavy (non-hydrogen) atoms. The maximum absolute atomic E-state index is 12.1. The van der Waals surface area contributed by atoms with Gasteiger partial charge in [0.15, 0.2) is 0 Å². The third-order valence-electron chi connectivity index (χ3n) is 2.79. The Kier molecular flexibility index (Phi) is 5.14. The molecule has 0 spiro atoms. The van der Waals surface area contributed by atoms with Gasteiger partial charge in [0.1, 0.15) is 4.90 Å². The summed E-state index contributed by atoms with van der Waals surface area (Å²) in [5, 5.41) is 0.415. The molecule has 0 amide bonds. The molecule has 1 heterocycles. The van der Waals surface area contributed by atoms with Gasteiger partial charge in [-0.2, -0.15) is 0 Å². The van der Waals surface area contributed by atoms with E-state index in [9.17, 15) is 8.42 Å². The van der Waals surface area contributed by atoms with Crippen molar-refractivity contribution in [2.45, 2.75) is 23.8 Å². The molecular formula is C11H12BrCl2NO3S. The first-order chi connectivity index (χ1) is 8.90. The third kappa shape index (κ3) is 3.83. The van der Waals surface area contributed by atoms with E-state index in [1.165, 1.54) is 12.1 Å². The molecule has 0 aromatic heterocycles. The molecule has 106 valence electrons. The van der Waals surface area contributed by atoms with E-state index in [0.29, 0.717) is 16.1 Å². The first-order valence-electron chi connectivity index (χ1n) is 5.66. The van der Waals surface area contributed by atoms with Crippen LogP contribution in [-0.4, -0.2) is 27.7 Å². The predicted octanol–water partition coefficient (Wildman–Crippen LogP) is 3.21. The molecule has 0 unspecified atom stereocenters. The summed E-state index contributed by atoms with van der Waals surface area (Å²) in [6.45, 7) is 0.920. The van der Waals surface area contributed by atoms with E-state index >= 15 is 0 Å². The molecule has 1 aromatic carbocycles. The molecule has 1 fully saturated rings.